The molecule has 5 aromatic rings. The third-order valence-electron chi connectivity index (χ3n) is 5.61. The van der Waals surface area contributed by atoms with Crippen molar-refractivity contribution in [3.05, 3.63) is 105 Å². The van der Waals surface area contributed by atoms with E-state index >= 15 is 0 Å². The van der Waals surface area contributed by atoms with Gasteiger partial charge in [0.2, 0.25) is 11.7 Å². The van der Waals surface area contributed by atoms with Gasteiger partial charge in [0, 0.05) is 0 Å². The van der Waals surface area contributed by atoms with Crippen LogP contribution in [-0.2, 0) is 17.9 Å². The molecule has 0 saturated carbocycles. The maximum atomic E-state index is 13.4. The zero-order valence-corrected chi connectivity index (χ0v) is 18.6. The summed E-state index contributed by atoms with van der Waals surface area (Å²) in [6, 6.07) is 19.3. The number of methoxy groups -OCH3 is 1. The van der Waals surface area contributed by atoms with Crippen molar-refractivity contribution in [3.8, 4) is 5.75 Å². The Balaban J connectivity index is 1.60. The standard InChI is InChI=1S/C25H20FN5O4/c1-35-21-9-5-3-7-19(21)27-22(32)15-30-25(34)31-20-8-4-2-6-18(20)23(33)29(24(31)28-30)14-16-10-12-17(26)13-11-16/h2-13H,14-15H2,1H3,(H,27,32). The molecule has 0 bridgehead atoms. The number of carbonyl (C=O) groups is 1. The molecule has 0 fully saturated rings. The van der Waals surface area contributed by atoms with Crippen LogP contribution in [0.25, 0.3) is 16.7 Å². The number of ether oxygens (including phenoxy) is 1. The number of halogens is 1. The highest BCUT2D eigenvalue weighted by atomic mass is 19.1. The molecule has 9 nitrogen and oxygen atoms in total. The summed E-state index contributed by atoms with van der Waals surface area (Å²) in [6.45, 7) is -0.311. The quantitative estimate of drug-likeness (QED) is 0.409. The first kappa shape index (κ1) is 22.1. The predicted molar refractivity (Wildman–Crippen MR) is 128 cm³/mol. The fourth-order valence-corrected chi connectivity index (χ4v) is 3.96. The van der Waals surface area contributed by atoms with Gasteiger partial charge in [-0.3, -0.25) is 14.2 Å². The molecule has 0 radical (unpaired) electrons. The monoisotopic (exact) mass is 473 g/mol. The van der Waals surface area contributed by atoms with Crippen LogP contribution >= 0.6 is 0 Å². The molecule has 0 spiro atoms. The average Bonchev–Trinajstić information content (AvgIpc) is 3.18. The maximum absolute atomic E-state index is 13.4. The van der Waals surface area contributed by atoms with Gasteiger partial charge in [0.05, 0.1) is 30.2 Å². The van der Waals surface area contributed by atoms with Crippen molar-refractivity contribution in [1.29, 1.82) is 0 Å². The Morgan fingerprint density at radius 2 is 1.71 bits per heavy atom. The Morgan fingerprint density at radius 3 is 2.49 bits per heavy atom. The number of benzene rings is 3. The second-order valence-corrected chi connectivity index (χ2v) is 7.86. The summed E-state index contributed by atoms with van der Waals surface area (Å²) < 4.78 is 22.3. The number of fused-ring (bicyclic) bond motifs is 3. The molecule has 2 heterocycles. The van der Waals surface area contributed by atoms with E-state index in [0.29, 0.717) is 27.9 Å². The van der Waals surface area contributed by atoms with Crippen LogP contribution in [0.2, 0.25) is 0 Å². The van der Waals surface area contributed by atoms with Gasteiger partial charge >= 0.3 is 5.69 Å². The minimum absolute atomic E-state index is 0.0668. The highest BCUT2D eigenvalue weighted by Gasteiger charge is 2.19. The maximum Gasteiger partial charge on any atom is 0.352 e. The molecule has 10 heteroatoms. The zero-order chi connectivity index (χ0) is 24.5. The van der Waals surface area contributed by atoms with Crippen LogP contribution in [0.15, 0.2) is 82.4 Å². The van der Waals surface area contributed by atoms with Gasteiger partial charge in [-0.15, -0.1) is 5.10 Å². The summed E-state index contributed by atoms with van der Waals surface area (Å²) in [6.07, 6.45) is 0. The molecule has 0 aliphatic heterocycles. The van der Waals surface area contributed by atoms with E-state index in [-0.39, 0.29) is 24.4 Å². The Kier molecular flexibility index (Phi) is 5.61. The molecular formula is C25H20FN5O4. The summed E-state index contributed by atoms with van der Waals surface area (Å²) in [7, 11) is 1.49. The smallest absolute Gasteiger partial charge is 0.352 e. The first-order chi connectivity index (χ1) is 17.0. The third-order valence-corrected chi connectivity index (χ3v) is 5.61. The summed E-state index contributed by atoms with van der Waals surface area (Å²) in [5, 5.41) is 7.36. The summed E-state index contributed by atoms with van der Waals surface area (Å²) in [5.41, 5.74) is 0.564. The number of hydrogen-bond donors (Lipinski definition) is 1. The van der Waals surface area contributed by atoms with E-state index in [2.05, 4.69) is 10.4 Å². The number of nitrogens with one attached hydrogen (secondary N) is 1. The van der Waals surface area contributed by atoms with Gasteiger partial charge in [0.15, 0.2) is 0 Å². The molecule has 176 valence electrons. The number of nitrogens with zero attached hydrogens (tertiary/aromatic N) is 4. The van der Waals surface area contributed by atoms with E-state index in [9.17, 15) is 18.8 Å². The van der Waals surface area contributed by atoms with E-state index in [1.807, 2.05) is 0 Å². The number of rotatable bonds is 6. The number of carbonyl (C=O) groups excluding carboxylic acids is 1. The molecule has 2 aromatic heterocycles. The van der Waals surface area contributed by atoms with E-state index in [1.165, 1.54) is 28.2 Å². The fourth-order valence-electron chi connectivity index (χ4n) is 3.96. The highest BCUT2D eigenvalue weighted by Crippen LogP contribution is 2.23. The van der Waals surface area contributed by atoms with Gasteiger partial charge in [0.1, 0.15) is 18.1 Å². The second-order valence-electron chi connectivity index (χ2n) is 7.86. The van der Waals surface area contributed by atoms with Gasteiger partial charge in [-0.2, -0.15) is 0 Å². The largest absolute Gasteiger partial charge is 0.495 e. The van der Waals surface area contributed by atoms with Crippen molar-refractivity contribution in [1.82, 2.24) is 18.7 Å². The minimum Gasteiger partial charge on any atom is -0.495 e. The van der Waals surface area contributed by atoms with Crippen molar-refractivity contribution >= 4 is 28.3 Å². The summed E-state index contributed by atoms with van der Waals surface area (Å²) in [5.74, 6) is -0.335. The number of hydrogen-bond acceptors (Lipinski definition) is 5. The summed E-state index contributed by atoms with van der Waals surface area (Å²) in [4.78, 5) is 39.3. The van der Waals surface area contributed by atoms with Crippen molar-refractivity contribution in [2.45, 2.75) is 13.1 Å². The molecule has 0 saturated heterocycles. The normalized spacial score (nSPS) is 11.1. The van der Waals surface area contributed by atoms with Crippen LogP contribution in [0.5, 0.6) is 5.75 Å². The Bertz CT molecular complexity index is 1690. The van der Waals surface area contributed by atoms with Gasteiger partial charge in [-0.1, -0.05) is 36.4 Å². The topological polar surface area (TPSA) is 99.6 Å². The lowest BCUT2D eigenvalue weighted by molar-refractivity contribution is -0.117. The van der Waals surface area contributed by atoms with Crippen LogP contribution in [0, 0.1) is 5.82 Å². The number of anilines is 1. The highest BCUT2D eigenvalue weighted by molar-refractivity contribution is 5.92. The lowest BCUT2D eigenvalue weighted by atomic mass is 10.2. The molecular weight excluding hydrogens is 453 g/mol. The van der Waals surface area contributed by atoms with Crippen LogP contribution in [0.1, 0.15) is 5.56 Å². The Hall–Kier alpha value is -4.73. The lowest BCUT2D eigenvalue weighted by Crippen LogP contribution is -2.29. The molecule has 0 aliphatic carbocycles. The van der Waals surface area contributed by atoms with E-state index < -0.39 is 17.4 Å². The van der Waals surface area contributed by atoms with Crippen LogP contribution in [-0.4, -0.2) is 31.8 Å². The van der Waals surface area contributed by atoms with Crippen molar-refractivity contribution in [2.75, 3.05) is 12.4 Å². The lowest BCUT2D eigenvalue weighted by Gasteiger charge is -2.09. The molecule has 5 rings (SSSR count). The van der Waals surface area contributed by atoms with Crippen LogP contribution in [0.3, 0.4) is 0 Å². The zero-order valence-electron chi connectivity index (χ0n) is 18.6. The van der Waals surface area contributed by atoms with Gasteiger partial charge in [-0.05, 0) is 42.0 Å². The number of aromatic nitrogens is 4. The number of amides is 1. The molecule has 0 unspecified atom stereocenters. The molecule has 0 aliphatic rings. The van der Waals surface area contributed by atoms with Crippen molar-refractivity contribution < 1.29 is 13.9 Å². The van der Waals surface area contributed by atoms with E-state index in [1.54, 1.807) is 60.7 Å². The van der Waals surface area contributed by atoms with Crippen LogP contribution in [0.4, 0.5) is 10.1 Å². The van der Waals surface area contributed by atoms with Crippen molar-refractivity contribution in [3.63, 3.8) is 0 Å². The predicted octanol–water partition coefficient (Wildman–Crippen LogP) is 2.65. The minimum atomic E-state index is -0.570. The van der Waals surface area contributed by atoms with E-state index in [4.69, 9.17) is 4.74 Å². The molecule has 35 heavy (non-hydrogen) atoms. The first-order valence-corrected chi connectivity index (χ1v) is 10.7. The van der Waals surface area contributed by atoms with Crippen LogP contribution < -0.4 is 21.3 Å². The molecule has 1 amide bonds. The van der Waals surface area contributed by atoms with Gasteiger partial charge in [0.25, 0.3) is 5.56 Å². The molecule has 3 aromatic carbocycles. The second kappa shape index (κ2) is 8.90. The fraction of sp³-hybridized carbons (Fsp3) is 0.120. The third kappa shape index (κ3) is 4.05. The number of para-hydroxylation sites is 3. The SMILES string of the molecule is COc1ccccc1NC(=O)Cn1nc2n(Cc3ccc(F)cc3)c(=O)c3ccccc3n2c1=O. The van der Waals surface area contributed by atoms with Gasteiger partial charge < -0.3 is 10.1 Å². The average molecular weight is 473 g/mol. The Labute approximate surface area is 197 Å². The molecule has 0 atom stereocenters. The van der Waals surface area contributed by atoms with Crippen molar-refractivity contribution in [2.24, 2.45) is 0 Å². The Morgan fingerprint density at radius 1 is 1.00 bits per heavy atom. The molecule has 1 N–H and O–H groups in total. The first-order valence-electron chi connectivity index (χ1n) is 10.7. The van der Waals surface area contributed by atoms with Gasteiger partial charge in [-0.25, -0.2) is 18.3 Å². The van der Waals surface area contributed by atoms with E-state index in [0.717, 1.165) is 4.68 Å². The summed E-state index contributed by atoms with van der Waals surface area (Å²) >= 11 is 0.